The zero-order valence-corrected chi connectivity index (χ0v) is 10.0. The highest BCUT2D eigenvalue weighted by Crippen LogP contribution is 2.32. The monoisotopic (exact) mass is 245 g/mol. The molecular formula is C11H13ClFNS. The van der Waals surface area contributed by atoms with Crippen molar-refractivity contribution >= 4 is 23.4 Å². The van der Waals surface area contributed by atoms with Crippen LogP contribution in [0.25, 0.3) is 0 Å². The van der Waals surface area contributed by atoms with Gasteiger partial charge in [0.25, 0.3) is 0 Å². The Labute approximate surface area is 98.4 Å². The van der Waals surface area contributed by atoms with E-state index < -0.39 is 0 Å². The highest BCUT2D eigenvalue weighted by Gasteiger charge is 2.20. The molecule has 2 rings (SSSR count). The summed E-state index contributed by atoms with van der Waals surface area (Å²) in [4.78, 5) is 0. The fraction of sp³-hybridized carbons (Fsp3) is 0.455. The van der Waals surface area contributed by atoms with Gasteiger partial charge in [0.1, 0.15) is 5.82 Å². The first-order valence-corrected chi connectivity index (χ1v) is 6.39. The average molecular weight is 246 g/mol. The summed E-state index contributed by atoms with van der Waals surface area (Å²) in [6.07, 6.45) is 0. The van der Waals surface area contributed by atoms with E-state index in [1.807, 2.05) is 6.07 Å². The molecule has 0 amide bonds. The number of nitrogens with one attached hydrogen (secondary N) is 1. The van der Waals surface area contributed by atoms with Crippen molar-refractivity contribution in [3.63, 3.8) is 0 Å². The number of hydrogen-bond acceptors (Lipinski definition) is 2. The van der Waals surface area contributed by atoms with Gasteiger partial charge in [-0.3, -0.25) is 0 Å². The van der Waals surface area contributed by atoms with Crippen LogP contribution in [-0.2, 0) is 0 Å². The van der Waals surface area contributed by atoms with E-state index in [9.17, 15) is 4.39 Å². The molecule has 0 bridgehead atoms. The van der Waals surface area contributed by atoms with Gasteiger partial charge in [0.05, 0.1) is 5.37 Å². The van der Waals surface area contributed by atoms with Crippen LogP contribution in [0.3, 0.4) is 0 Å². The predicted molar refractivity (Wildman–Crippen MR) is 63.8 cm³/mol. The predicted octanol–water partition coefficient (Wildman–Crippen LogP) is 3.45. The molecule has 1 aliphatic heterocycles. The van der Waals surface area contributed by atoms with Crippen molar-refractivity contribution in [2.24, 2.45) is 5.92 Å². The van der Waals surface area contributed by atoms with E-state index >= 15 is 0 Å². The third-order valence-electron chi connectivity index (χ3n) is 2.39. The largest absolute Gasteiger partial charge is 0.301 e. The molecule has 0 aliphatic carbocycles. The Morgan fingerprint density at radius 3 is 2.87 bits per heavy atom. The first kappa shape index (κ1) is 11.2. The molecule has 0 spiro atoms. The fourth-order valence-electron chi connectivity index (χ4n) is 1.63. The van der Waals surface area contributed by atoms with Crippen LogP contribution < -0.4 is 5.32 Å². The van der Waals surface area contributed by atoms with Gasteiger partial charge in [0.2, 0.25) is 0 Å². The maximum absolute atomic E-state index is 13.1. The van der Waals surface area contributed by atoms with Gasteiger partial charge in [0.15, 0.2) is 0 Å². The molecular weight excluding hydrogens is 233 g/mol. The van der Waals surface area contributed by atoms with Crippen molar-refractivity contribution in [3.8, 4) is 0 Å². The van der Waals surface area contributed by atoms with Gasteiger partial charge in [0, 0.05) is 5.02 Å². The van der Waals surface area contributed by atoms with E-state index in [1.165, 1.54) is 6.07 Å². The number of hydrogen-bond donors (Lipinski definition) is 1. The number of rotatable bonds is 1. The number of benzene rings is 1. The molecule has 1 aromatic carbocycles. The molecule has 1 nitrogen and oxygen atoms in total. The van der Waals surface area contributed by atoms with E-state index in [4.69, 9.17) is 11.6 Å². The zero-order chi connectivity index (χ0) is 10.8. The molecule has 1 fully saturated rings. The van der Waals surface area contributed by atoms with Crippen LogP contribution in [0.5, 0.6) is 0 Å². The van der Waals surface area contributed by atoms with Crippen molar-refractivity contribution < 1.29 is 4.39 Å². The van der Waals surface area contributed by atoms with Crippen molar-refractivity contribution in [1.29, 1.82) is 0 Å². The normalized spacial score (nSPS) is 26.6. The minimum Gasteiger partial charge on any atom is -0.301 e. The van der Waals surface area contributed by atoms with Crippen LogP contribution in [-0.4, -0.2) is 12.3 Å². The summed E-state index contributed by atoms with van der Waals surface area (Å²) in [7, 11) is 0. The van der Waals surface area contributed by atoms with Gasteiger partial charge in [-0.15, -0.1) is 11.8 Å². The molecule has 1 aliphatic rings. The molecule has 4 heteroatoms. The van der Waals surface area contributed by atoms with Crippen molar-refractivity contribution in [2.75, 3.05) is 12.3 Å². The van der Waals surface area contributed by atoms with Gasteiger partial charge in [-0.1, -0.05) is 18.5 Å². The summed E-state index contributed by atoms with van der Waals surface area (Å²) in [5, 5.41) is 4.02. The standard InChI is InChI=1S/C11H13ClFNS/c1-7-5-14-11(15-6-7)8-2-9(12)4-10(13)3-8/h2-4,7,11,14H,5-6H2,1H3. The van der Waals surface area contributed by atoms with Crippen molar-refractivity contribution in [1.82, 2.24) is 5.32 Å². The summed E-state index contributed by atoms with van der Waals surface area (Å²) < 4.78 is 13.1. The van der Waals surface area contributed by atoms with Gasteiger partial charge in [-0.05, 0) is 42.0 Å². The lowest BCUT2D eigenvalue weighted by molar-refractivity contribution is 0.527. The molecule has 0 aromatic heterocycles. The average Bonchev–Trinajstić information content (AvgIpc) is 2.17. The maximum Gasteiger partial charge on any atom is 0.125 e. The fourth-order valence-corrected chi connectivity index (χ4v) is 3.04. The van der Waals surface area contributed by atoms with Gasteiger partial charge < -0.3 is 5.32 Å². The van der Waals surface area contributed by atoms with Crippen LogP contribution in [0.15, 0.2) is 18.2 Å². The van der Waals surface area contributed by atoms with Gasteiger partial charge in [-0.25, -0.2) is 4.39 Å². The van der Waals surface area contributed by atoms with E-state index in [2.05, 4.69) is 12.2 Å². The second-order valence-electron chi connectivity index (χ2n) is 3.93. The summed E-state index contributed by atoms with van der Waals surface area (Å²) in [6, 6.07) is 4.71. The Hall–Kier alpha value is -0.250. The molecule has 0 saturated carbocycles. The van der Waals surface area contributed by atoms with Crippen molar-refractivity contribution in [3.05, 3.63) is 34.6 Å². The Bertz CT molecular complexity index is 330. The molecule has 1 saturated heterocycles. The highest BCUT2D eigenvalue weighted by atomic mass is 35.5. The van der Waals surface area contributed by atoms with Gasteiger partial charge in [-0.2, -0.15) is 0 Å². The molecule has 1 N–H and O–H groups in total. The van der Waals surface area contributed by atoms with Crippen LogP contribution in [0.2, 0.25) is 5.02 Å². The Kier molecular flexibility index (Phi) is 3.54. The first-order valence-electron chi connectivity index (χ1n) is 4.96. The third kappa shape index (κ3) is 2.86. The highest BCUT2D eigenvalue weighted by molar-refractivity contribution is 7.99. The Balaban J connectivity index is 2.15. The maximum atomic E-state index is 13.1. The molecule has 2 unspecified atom stereocenters. The molecule has 82 valence electrons. The second-order valence-corrected chi connectivity index (χ2v) is 5.50. The van der Waals surface area contributed by atoms with Gasteiger partial charge >= 0.3 is 0 Å². The molecule has 0 radical (unpaired) electrons. The lowest BCUT2D eigenvalue weighted by Gasteiger charge is -2.27. The molecule has 1 aromatic rings. The van der Waals surface area contributed by atoms with Crippen LogP contribution in [0.1, 0.15) is 17.9 Å². The first-order chi connectivity index (χ1) is 7.15. The summed E-state index contributed by atoms with van der Waals surface area (Å²) in [5.41, 5.74) is 0.928. The lowest BCUT2D eigenvalue weighted by Crippen LogP contribution is -2.31. The quantitative estimate of drug-likeness (QED) is 0.813. The summed E-state index contributed by atoms with van der Waals surface area (Å²) in [6.45, 7) is 3.18. The molecule has 15 heavy (non-hydrogen) atoms. The van der Waals surface area contributed by atoms with E-state index in [-0.39, 0.29) is 11.2 Å². The minimum atomic E-state index is -0.265. The minimum absolute atomic E-state index is 0.175. The SMILES string of the molecule is CC1CNC(c2cc(F)cc(Cl)c2)SC1. The van der Waals surface area contributed by atoms with E-state index in [0.717, 1.165) is 17.9 Å². The number of thioether (sulfide) groups is 1. The second kappa shape index (κ2) is 4.73. The van der Waals surface area contributed by atoms with E-state index in [1.54, 1.807) is 17.8 Å². The van der Waals surface area contributed by atoms with Crippen LogP contribution in [0, 0.1) is 11.7 Å². The lowest BCUT2D eigenvalue weighted by atomic mass is 10.2. The smallest absolute Gasteiger partial charge is 0.125 e. The number of halogens is 2. The third-order valence-corrected chi connectivity index (χ3v) is 4.14. The molecule has 2 atom stereocenters. The Morgan fingerprint density at radius 2 is 2.27 bits per heavy atom. The summed E-state index contributed by atoms with van der Waals surface area (Å²) >= 11 is 7.63. The van der Waals surface area contributed by atoms with E-state index in [0.29, 0.717) is 10.9 Å². The topological polar surface area (TPSA) is 12.0 Å². The summed E-state index contributed by atoms with van der Waals surface area (Å²) in [5.74, 6) is 1.51. The molecule has 1 heterocycles. The zero-order valence-electron chi connectivity index (χ0n) is 8.47. The van der Waals surface area contributed by atoms with Crippen LogP contribution >= 0.6 is 23.4 Å². The van der Waals surface area contributed by atoms with Crippen molar-refractivity contribution in [2.45, 2.75) is 12.3 Å². The van der Waals surface area contributed by atoms with Crippen LogP contribution in [0.4, 0.5) is 4.39 Å². The Morgan fingerprint density at radius 1 is 1.47 bits per heavy atom.